The molecule has 0 spiro atoms. The number of rotatable bonds is 1. The standard InChI is InChI=1S/C7H6BrClO3S/c1-4-6(13(9,11)12)3-2-5(10)7(4)8/h2-3,10H,1H3. The minimum Gasteiger partial charge on any atom is -0.507 e. The molecule has 3 nitrogen and oxygen atoms in total. The van der Waals surface area contributed by atoms with E-state index in [1.807, 2.05) is 0 Å². The molecule has 0 radical (unpaired) electrons. The Balaban J connectivity index is 3.53. The van der Waals surface area contributed by atoms with Gasteiger partial charge in [-0.3, -0.25) is 0 Å². The monoisotopic (exact) mass is 284 g/mol. The molecule has 13 heavy (non-hydrogen) atoms. The van der Waals surface area contributed by atoms with Crippen molar-refractivity contribution in [3.05, 3.63) is 22.2 Å². The molecular weight excluding hydrogens is 279 g/mol. The normalized spacial score (nSPS) is 11.6. The Hall–Kier alpha value is -0.260. The topological polar surface area (TPSA) is 54.4 Å². The predicted molar refractivity (Wildman–Crippen MR) is 53.6 cm³/mol. The molecule has 0 aliphatic rings. The van der Waals surface area contributed by atoms with Crippen molar-refractivity contribution in [3.8, 4) is 5.75 Å². The molecule has 0 atom stereocenters. The molecule has 0 heterocycles. The first-order valence-corrected chi connectivity index (χ1v) is 6.37. The van der Waals surface area contributed by atoms with E-state index in [0.717, 1.165) is 0 Å². The molecule has 6 heteroatoms. The number of hydrogen-bond acceptors (Lipinski definition) is 3. The molecular formula is C7H6BrClO3S. The molecule has 0 bridgehead atoms. The molecule has 0 amide bonds. The van der Waals surface area contributed by atoms with Crippen LogP contribution in [0.3, 0.4) is 0 Å². The van der Waals surface area contributed by atoms with Crippen LogP contribution in [0.25, 0.3) is 0 Å². The summed E-state index contributed by atoms with van der Waals surface area (Å²) in [4.78, 5) is -0.00107. The zero-order valence-electron chi connectivity index (χ0n) is 6.58. The molecule has 1 rings (SSSR count). The predicted octanol–water partition coefficient (Wildman–Crippen LogP) is 2.39. The van der Waals surface area contributed by atoms with Crippen molar-refractivity contribution in [2.24, 2.45) is 0 Å². The minimum absolute atomic E-state index is 0.00107. The number of halogens is 2. The third kappa shape index (κ3) is 2.15. The van der Waals surface area contributed by atoms with Crippen LogP contribution < -0.4 is 0 Å². The lowest BCUT2D eigenvalue weighted by Crippen LogP contribution is -1.94. The maximum Gasteiger partial charge on any atom is 0.261 e. The summed E-state index contributed by atoms with van der Waals surface area (Å²) in [7, 11) is 1.42. The average Bonchev–Trinajstić information content (AvgIpc) is 1.98. The van der Waals surface area contributed by atoms with Gasteiger partial charge in [-0.1, -0.05) is 0 Å². The maximum atomic E-state index is 11.0. The molecule has 0 unspecified atom stereocenters. The second-order valence-corrected chi connectivity index (χ2v) is 5.79. The van der Waals surface area contributed by atoms with Crippen LogP contribution in [0.4, 0.5) is 0 Å². The third-order valence-electron chi connectivity index (χ3n) is 1.58. The average molecular weight is 286 g/mol. The van der Waals surface area contributed by atoms with E-state index in [2.05, 4.69) is 15.9 Å². The molecule has 0 aliphatic heterocycles. The fourth-order valence-corrected chi connectivity index (χ4v) is 2.59. The van der Waals surface area contributed by atoms with Crippen molar-refractivity contribution in [1.82, 2.24) is 0 Å². The summed E-state index contributed by atoms with van der Waals surface area (Å²) >= 11 is 3.05. The summed E-state index contributed by atoms with van der Waals surface area (Å²) in [6.45, 7) is 1.55. The van der Waals surface area contributed by atoms with E-state index in [9.17, 15) is 13.5 Å². The van der Waals surface area contributed by atoms with Gasteiger partial charge in [0.25, 0.3) is 9.05 Å². The largest absolute Gasteiger partial charge is 0.507 e. The zero-order chi connectivity index (χ0) is 10.2. The first kappa shape index (κ1) is 10.8. The molecule has 1 N–H and O–H groups in total. The Bertz CT molecular complexity index is 441. The van der Waals surface area contributed by atoms with Crippen molar-refractivity contribution in [3.63, 3.8) is 0 Å². The van der Waals surface area contributed by atoms with Gasteiger partial charge in [0.1, 0.15) is 5.75 Å². The molecule has 0 saturated carbocycles. The Morgan fingerprint density at radius 1 is 1.46 bits per heavy atom. The van der Waals surface area contributed by atoms with Gasteiger partial charge in [-0.05, 0) is 40.5 Å². The summed E-state index contributed by atoms with van der Waals surface area (Å²) < 4.78 is 22.3. The minimum atomic E-state index is -3.74. The quantitative estimate of drug-likeness (QED) is 0.806. The van der Waals surface area contributed by atoms with E-state index >= 15 is 0 Å². The van der Waals surface area contributed by atoms with Crippen molar-refractivity contribution in [1.29, 1.82) is 0 Å². The smallest absolute Gasteiger partial charge is 0.261 e. The first-order chi connectivity index (χ1) is 5.84. The van der Waals surface area contributed by atoms with Crippen molar-refractivity contribution >= 4 is 35.7 Å². The zero-order valence-corrected chi connectivity index (χ0v) is 9.74. The van der Waals surface area contributed by atoms with Gasteiger partial charge < -0.3 is 5.11 Å². The lowest BCUT2D eigenvalue weighted by atomic mass is 10.2. The summed E-state index contributed by atoms with van der Waals surface area (Å²) in [5, 5.41) is 9.21. The number of hydrogen-bond donors (Lipinski definition) is 1. The SMILES string of the molecule is Cc1c(S(=O)(=O)Cl)ccc(O)c1Br. The van der Waals surface area contributed by atoms with Gasteiger partial charge in [0, 0.05) is 10.7 Å². The highest BCUT2D eigenvalue weighted by molar-refractivity contribution is 9.10. The molecule has 0 aliphatic carbocycles. The highest BCUT2D eigenvalue weighted by Gasteiger charge is 2.16. The lowest BCUT2D eigenvalue weighted by Gasteiger charge is -2.05. The molecule has 1 aromatic carbocycles. The molecule has 0 fully saturated rings. The highest BCUT2D eigenvalue weighted by Crippen LogP contribution is 2.32. The fraction of sp³-hybridized carbons (Fsp3) is 0.143. The van der Waals surface area contributed by atoms with Crippen LogP contribution in [0.2, 0.25) is 0 Å². The van der Waals surface area contributed by atoms with Crippen LogP contribution in [0, 0.1) is 6.92 Å². The van der Waals surface area contributed by atoms with Gasteiger partial charge in [-0.2, -0.15) is 0 Å². The summed E-state index contributed by atoms with van der Waals surface area (Å²) in [6, 6.07) is 2.53. The molecule has 72 valence electrons. The van der Waals surface area contributed by atoms with E-state index in [-0.39, 0.29) is 10.6 Å². The van der Waals surface area contributed by atoms with Crippen LogP contribution in [-0.4, -0.2) is 13.5 Å². The Kier molecular flexibility index (Phi) is 2.89. The third-order valence-corrected chi connectivity index (χ3v) is 4.05. The van der Waals surface area contributed by atoms with Crippen LogP contribution in [0.5, 0.6) is 5.75 Å². The molecule has 0 saturated heterocycles. The van der Waals surface area contributed by atoms with Crippen LogP contribution in [0.15, 0.2) is 21.5 Å². The van der Waals surface area contributed by atoms with E-state index in [0.29, 0.717) is 10.0 Å². The van der Waals surface area contributed by atoms with Gasteiger partial charge in [-0.25, -0.2) is 8.42 Å². The number of phenols is 1. The lowest BCUT2D eigenvalue weighted by molar-refractivity contribution is 0.470. The van der Waals surface area contributed by atoms with E-state index in [4.69, 9.17) is 10.7 Å². The number of benzene rings is 1. The first-order valence-electron chi connectivity index (χ1n) is 3.27. The summed E-state index contributed by atoms with van der Waals surface area (Å²) in [6.07, 6.45) is 0. The Labute approximate surface area is 88.9 Å². The number of aromatic hydroxyl groups is 1. The summed E-state index contributed by atoms with van der Waals surface area (Å²) in [5.41, 5.74) is 0.398. The molecule has 0 aromatic heterocycles. The van der Waals surface area contributed by atoms with Gasteiger partial charge in [-0.15, -0.1) is 0 Å². The second kappa shape index (κ2) is 3.48. The fourth-order valence-electron chi connectivity index (χ4n) is 0.917. The van der Waals surface area contributed by atoms with Gasteiger partial charge in [0.15, 0.2) is 0 Å². The Morgan fingerprint density at radius 2 is 2.00 bits per heavy atom. The van der Waals surface area contributed by atoms with Crippen LogP contribution in [-0.2, 0) is 9.05 Å². The maximum absolute atomic E-state index is 11.0. The second-order valence-electron chi connectivity index (χ2n) is 2.46. The van der Waals surface area contributed by atoms with Crippen molar-refractivity contribution < 1.29 is 13.5 Å². The summed E-state index contributed by atoms with van der Waals surface area (Å²) in [5.74, 6) is -0.0124. The van der Waals surface area contributed by atoms with Gasteiger partial charge in [0.05, 0.1) is 9.37 Å². The van der Waals surface area contributed by atoms with Crippen molar-refractivity contribution in [2.45, 2.75) is 11.8 Å². The van der Waals surface area contributed by atoms with Crippen LogP contribution >= 0.6 is 26.6 Å². The Morgan fingerprint density at radius 3 is 2.46 bits per heavy atom. The van der Waals surface area contributed by atoms with E-state index < -0.39 is 9.05 Å². The van der Waals surface area contributed by atoms with E-state index in [1.165, 1.54) is 12.1 Å². The number of phenolic OH excluding ortho intramolecular Hbond substituents is 1. The van der Waals surface area contributed by atoms with E-state index in [1.54, 1.807) is 6.92 Å². The van der Waals surface area contributed by atoms with Crippen molar-refractivity contribution in [2.75, 3.05) is 0 Å². The van der Waals surface area contributed by atoms with Crippen LogP contribution in [0.1, 0.15) is 5.56 Å². The molecule has 1 aromatic rings. The van der Waals surface area contributed by atoms with Gasteiger partial charge >= 0.3 is 0 Å². The highest BCUT2D eigenvalue weighted by atomic mass is 79.9. The van der Waals surface area contributed by atoms with Gasteiger partial charge in [0.2, 0.25) is 0 Å².